The van der Waals surface area contributed by atoms with Crippen molar-refractivity contribution in [2.24, 2.45) is 0 Å². The van der Waals surface area contributed by atoms with E-state index in [9.17, 15) is 4.79 Å². The Morgan fingerprint density at radius 2 is 2.14 bits per heavy atom. The van der Waals surface area contributed by atoms with E-state index in [1.807, 2.05) is 18.7 Å². The van der Waals surface area contributed by atoms with Crippen LogP contribution in [0.3, 0.4) is 0 Å². The van der Waals surface area contributed by atoms with Gasteiger partial charge in [-0.3, -0.25) is 4.79 Å². The number of aryl methyl sites for hydroxylation is 2. The van der Waals surface area contributed by atoms with Gasteiger partial charge in [0.15, 0.2) is 5.69 Å². The molecule has 2 heterocycles. The maximum Gasteiger partial charge on any atom is 0.273 e. The molecule has 1 amide bonds. The van der Waals surface area contributed by atoms with Crippen LogP contribution in [0.15, 0.2) is 20.3 Å². The fraction of sp³-hybridized carbons (Fsp3) is 0.533. The average Bonchev–Trinajstić information content (AvgIpc) is 3.10. The molecule has 0 radical (unpaired) electrons. The summed E-state index contributed by atoms with van der Waals surface area (Å²) >= 11 is 3.59. The second-order valence-electron chi connectivity index (χ2n) is 5.64. The lowest BCUT2D eigenvalue weighted by Gasteiger charge is -2.27. The minimum Gasteiger partial charge on any atom is -0.361 e. The SMILES string of the molecule is Cc1csc(SC2CCC(NC(=O)c3cc(C)on3)CC2)n1. The summed E-state index contributed by atoms with van der Waals surface area (Å²) in [5, 5.41) is 9.51. The number of thioether (sulfide) groups is 1. The lowest BCUT2D eigenvalue weighted by Crippen LogP contribution is -2.38. The molecular formula is C15H19N3O2S2. The van der Waals surface area contributed by atoms with Crippen LogP contribution < -0.4 is 5.32 Å². The summed E-state index contributed by atoms with van der Waals surface area (Å²) in [5.41, 5.74) is 1.46. The molecule has 1 aliphatic carbocycles. The summed E-state index contributed by atoms with van der Waals surface area (Å²) in [5.74, 6) is 0.521. The van der Waals surface area contributed by atoms with E-state index in [2.05, 4.69) is 20.8 Å². The van der Waals surface area contributed by atoms with Crippen LogP contribution in [0.4, 0.5) is 0 Å². The van der Waals surface area contributed by atoms with Gasteiger partial charge in [-0.25, -0.2) is 4.98 Å². The summed E-state index contributed by atoms with van der Waals surface area (Å²) in [4.78, 5) is 16.6. The molecule has 22 heavy (non-hydrogen) atoms. The van der Waals surface area contributed by atoms with Crippen molar-refractivity contribution in [1.82, 2.24) is 15.5 Å². The first-order valence-electron chi connectivity index (χ1n) is 7.43. The predicted octanol–water partition coefficient (Wildman–Crippen LogP) is 3.58. The van der Waals surface area contributed by atoms with E-state index in [0.29, 0.717) is 16.7 Å². The monoisotopic (exact) mass is 337 g/mol. The van der Waals surface area contributed by atoms with Gasteiger partial charge in [0.2, 0.25) is 0 Å². The summed E-state index contributed by atoms with van der Waals surface area (Å²) in [6.45, 7) is 3.81. The Kier molecular flexibility index (Phi) is 4.83. The van der Waals surface area contributed by atoms with Crippen molar-refractivity contribution >= 4 is 29.0 Å². The Morgan fingerprint density at radius 3 is 2.73 bits per heavy atom. The summed E-state index contributed by atoms with van der Waals surface area (Å²) < 4.78 is 6.10. The molecule has 3 rings (SSSR count). The molecule has 0 bridgehead atoms. The Balaban J connectivity index is 1.46. The molecule has 0 spiro atoms. The Hall–Kier alpha value is -1.34. The van der Waals surface area contributed by atoms with Crippen molar-refractivity contribution in [1.29, 1.82) is 0 Å². The fourth-order valence-electron chi connectivity index (χ4n) is 2.59. The van der Waals surface area contributed by atoms with Gasteiger partial charge < -0.3 is 9.84 Å². The van der Waals surface area contributed by atoms with Crippen molar-refractivity contribution in [3.8, 4) is 0 Å². The number of aromatic nitrogens is 2. The van der Waals surface area contributed by atoms with Crippen molar-refractivity contribution in [2.75, 3.05) is 0 Å². The van der Waals surface area contributed by atoms with Crippen molar-refractivity contribution in [3.05, 3.63) is 28.6 Å². The lowest BCUT2D eigenvalue weighted by atomic mass is 9.95. The molecule has 1 N–H and O–H groups in total. The number of nitrogens with zero attached hydrogens (tertiary/aromatic N) is 2. The van der Waals surface area contributed by atoms with Gasteiger partial charge in [-0.2, -0.15) is 0 Å². The number of hydrogen-bond acceptors (Lipinski definition) is 6. The first kappa shape index (κ1) is 15.6. The summed E-state index contributed by atoms with van der Waals surface area (Å²) in [6, 6.07) is 1.90. The molecule has 7 heteroatoms. The molecular weight excluding hydrogens is 318 g/mol. The van der Waals surface area contributed by atoms with Gasteiger partial charge in [0.25, 0.3) is 5.91 Å². The second-order valence-corrected chi connectivity index (χ2v) is 8.05. The summed E-state index contributed by atoms with van der Waals surface area (Å²) in [7, 11) is 0. The zero-order valence-corrected chi connectivity index (χ0v) is 14.3. The number of carbonyl (C=O) groups excluding carboxylic acids is 1. The third-order valence-corrected chi connectivity index (χ3v) is 6.16. The molecule has 118 valence electrons. The largest absolute Gasteiger partial charge is 0.361 e. The van der Waals surface area contributed by atoms with Crippen LogP contribution in [0.2, 0.25) is 0 Å². The maximum absolute atomic E-state index is 12.1. The zero-order chi connectivity index (χ0) is 15.5. The highest BCUT2D eigenvalue weighted by Gasteiger charge is 2.25. The Labute approximate surface area is 137 Å². The van der Waals surface area contributed by atoms with Crippen LogP contribution in [0.5, 0.6) is 0 Å². The van der Waals surface area contributed by atoms with E-state index < -0.39 is 0 Å². The highest BCUT2D eigenvalue weighted by Crippen LogP contribution is 2.35. The predicted molar refractivity (Wildman–Crippen MR) is 87.5 cm³/mol. The van der Waals surface area contributed by atoms with E-state index in [1.54, 1.807) is 24.3 Å². The minimum absolute atomic E-state index is 0.136. The van der Waals surface area contributed by atoms with Gasteiger partial charge in [0.1, 0.15) is 10.1 Å². The zero-order valence-electron chi connectivity index (χ0n) is 12.7. The van der Waals surface area contributed by atoms with E-state index in [1.165, 1.54) is 0 Å². The number of nitrogens with one attached hydrogen (secondary N) is 1. The number of amides is 1. The van der Waals surface area contributed by atoms with Crippen LogP contribution in [0.25, 0.3) is 0 Å². The van der Waals surface area contributed by atoms with E-state index in [4.69, 9.17) is 4.52 Å². The molecule has 0 aromatic carbocycles. The van der Waals surface area contributed by atoms with Crippen LogP contribution in [0, 0.1) is 13.8 Å². The van der Waals surface area contributed by atoms with Crippen LogP contribution in [0.1, 0.15) is 47.6 Å². The van der Waals surface area contributed by atoms with Gasteiger partial charge in [0, 0.05) is 28.4 Å². The standard InChI is InChI=1S/C15H19N3O2S2/c1-9-8-21-15(16-9)22-12-5-3-11(4-6-12)17-14(19)13-7-10(2)20-18-13/h7-8,11-12H,3-6H2,1-2H3,(H,17,19). The topological polar surface area (TPSA) is 68.0 Å². The molecule has 0 atom stereocenters. The Bertz CT molecular complexity index is 645. The maximum atomic E-state index is 12.1. The normalized spacial score (nSPS) is 21.7. The summed E-state index contributed by atoms with van der Waals surface area (Å²) in [6.07, 6.45) is 4.22. The first-order chi connectivity index (χ1) is 10.6. The molecule has 2 aromatic heterocycles. The molecule has 0 saturated heterocycles. The number of thiazole rings is 1. The number of carbonyl (C=O) groups is 1. The average molecular weight is 337 g/mol. The van der Waals surface area contributed by atoms with Crippen LogP contribution in [-0.4, -0.2) is 27.3 Å². The first-order valence-corrected chi connectivity index (χ1v) is 9.19. The van der Waals surface area contributed by atoms with Crippen molar-refractivity contribution in [2.45, 2.75) is 55.2 Å². The third kappa shape index (κ3) is 3.89. The highest BCUT2D eigenvalue weighted by molar-refractivity contribution is 8.01. The van der Waals surface area contributed by atoms with Crippen LogP contribution in [-0.2, 0) is 0 Å². The fourth-order valence-corrected chi connectivity index (χ4v) is 4.87. The van der Waals surface area contributed by atoms with E-state index >= 15 is 0 Å². The van der Waals surface area contributed by atoms with Gasteiger partial charge in [-0.05, 0) is 39.5 Å². The molecule has 0 unspecified atom stereocenters. The lowest BCUT2D eigenvalue weighted by molar-refractivity contribution is 0.0919. The molecule has 1 fully saturated rings. The third-order valence-electron chi connectivity index (χ3n) is 3.74. The molecule has 1 saturated carbocycles. The second kappa shape index (κ2) is 6.83. The number of rotatable bonds is 4. The molecule has 1 aliphatic rings. The highest BCUT2D eigenvalue weighted by atomic mass is 32.2. The number of hydrogen-bond donors (Lipinski definition) is 1. The van der Waals surface area contributed by atoms with Gasteiger partial charge >= 0.3 is 0 Å². The van der Waals surface area contributed by atoms with E-state index in [-0.39, 0.29) is 11.9 Å². The van der Waals surface area contributed by atoms with E-state index in [0.717, 1.165) is 35.7 Å². The van der Waals surface area contributed by atoms with Gasteiger partial charge in [-0.15, -0.1) is 11.3 Å². The quantitative estimate of drug-likeness (QED) is 0.923. The van der Waals surface area contributed by atoms with Crippen LogP contribution >= 0.6 is 23.1 Å². The van der Waals surface area contributed by atoms with Crippen molar-refractivity contribution in [3.63, 3.8) is 0 Å². The molecule has 2 aromatic rings. The smallest absolute Gasteiger partial charge is 0.273 e. The molecule has 5 nitrogen and oxygen atoms in total. The van der Waals surface area contributed by atoms with Crippen molar-refractivity contribution < 1.29 is 9.32 Å². The van der Waals surface area contributed by atoms with Gasteiger partial charge in [0.05, 0.1) is 0 Å². The Morgan fingerprint density at radius 1 is 1.36 bits per heavy atom. The molecule has 0 aliphatic heterocycles. The van der Waals surface area contributed by atoms with Gasteiger partial charge in [-0.1, -0.05) is 16.9 Å². The minimum atomic E-state index is -0.136.